The first-order valence-corrected chi connectivity index (χ1v) is 7.29. The predicted molar refractivity (Wildman–Crippen MR) is 82.8 cm³/mol. The number of phenols is 1. The van der Waals surface area contributed by atoms with E-state index in [0.29, 0.717) is 10.9 Å². The van der Waals surface area contributed by atoms with Crippen LogP contribution in [0.5, 0.6) is 5.75 Å². The van der Waals surface area contributed by atoms with Crippen molar-refractivity contribution in [2.75, 3.05) is 0 Å². The summed E-state index contributed by atoms with van der Waals surface area (Å²) in [4.78, 5) is 12.1. The number of nitrogens with one attached hydrogen (secondary N) is 1. The highest BCUT2D eigenvalue weighted by molar-refractivity contribution is 9.10. The maximum Gasteiger partial charge on any atom is 0.255 e. The van der Waals surface area contributed by atoms with Crippen LogP contribution < -0.4 is 5.32 Å². The highest BCUT2D eigenvalue weighted by Gasteiger charge is 2.14. The second kappa shape index (κ2) is 6.72. The Morgan fingerprint density at radius 1 is 1.29 bits per heavy atom. The van der Waals surface area contributed by atoms with Crippen LogP contribution in [-0.4, -0.2) is 17.1 Å². The molecule has 5 heteroatoms. The van der Waals surface area contributed by atoms with Gasteiger partial charge >= 0.3 is 0 Å². The largest absolute Gasteiger partial charge is 0.507 e. The van der Waals surface area contributed by atoms with Crippen molar-refractivity contribution in [3.8, 4) is 5.75 Å². The third kappa shape index (κ3) is 4.29. The van der Waals surface area contributed by atoms with E-state index in [1.54, 1.807) is 24.3 Å². The summed E-state index contributed by atoms with van der Waals surface area (Å²) in [5.74, 6) is -0.694. The van der Waals surface area contributed by atoms with Gasteiger partial charge in [-0.1, -0.05) is 28.1 Å². The molecule has 2 aromatic carbocycles. The molecule has 0 radical (unpaired) electrons. The number of halogens is 2. The maximum absolute atomic E-state index is 12.8. The Balaban J connectivity index is 2.00. The SMILES string of the molecule is CC(Cc1ccc(F)cc1)NC(=O)c1ccc(Br)cc1O. The zero-order chi connectivity index (χ0) is 15.4. The van der Waals surface area contributed by atoms with Crippen LogP contribution in [0.4, 0.5) is 4.39 Å². The van der Waals surface area contributed by atoms with Crippen LogP contribution in [0.2, 0.25) is 0 Å². The third-order valence-corrected chi connectivity index (χ3v) is 3.53. The van der Waals surface area contributed by atoms with E-state index in [4.69, 9.17) is 0 Å². The number of phenolic OH excluding ortho intramolecular Hbond substituents is 1. The van der Waals surface area contributed by atoms with E-state index in [0.717, 1.165) is 5.56 Å². The van der Waals surface area contributed by atoms with Crippen LogP contribution in [0.25, 0.3) is 0 Å². The van der Waals surface area contributed by atoms with Gasteiger partial charge in [0, 0.05) is 10.5 Å². The smallest absolute Gasteiger partial charge is 0.255 e. The Hall–Kier alpha value is -1.88. The zero-order valence-corrected chi connectivity index (χ0v) is 13.0. The summed E-state index contributed by atoms with van der Waals surface area (Å²) >= 11 is 3.22. The monoisotopic (exact) mass is 351 g/mol. The molecule has 3 nitrogen and oxygen atoms in total. The Kier molecular flexibility index (Phi) is 4.96. The van der Waals surface area contributed by atoms with Crippen molar-refractivity contribution in [2.45, 2.75) is 19.4 Å². The normalized spacial score (nSPS) is 12.0. The molecule has 0 aliphatic rings. The molecule has 0 saturated carbocycles. The van der Waals surface area contributed by atoms with Crippen molar-refractivity contribution in [1.29, 1.82) is 0 Å². The number of amides is 1. The average molecular weight is 352 g/mol. The number of hydrogen-bond donors (Lipinski definition) is 2. The Morgan fingerprint density at radius 2 is 1.95 bits per heavy atom. The Morgan fingerprint density at radius 3 is 2.57 bits per heavy atom. The van der Waals surface area contributed by atoms with Crippen molar-refractivity contribution < 1.29 is 14.3 Å². The van der Waals surface area contributed by atoms with Gasteiger partial charge in [-0.3, -0.25) is 4.79 Å². The lowest BCUT2D eigenvalue weighted by Crippen LogP contribution is -2.34. The van der Waals surface area contributed by atoms with E-state index >= 15 is 0 Å². The summed E-state index contributed by atoms with van der Waals surface area (Å²) in [5, 5.41) is 12.6. The maximum atomic E-state index is 12.8. The molecule has 0 aromatic heterocycles. The van der Waals surface area contributed by atoms with E-state index in [2.05, 4.69) is 21.2 Å². The standard InChI is InChI=1S/C16H15BrFNO2/c1-10(8-11-2-5-13(18)6-3-11)19-16(21)14-7-4-12(17)9-15(14)20/h2-7,9-10,20H,8H2,1H3,(H,19,21). The summed E-state index contributed by atoms with van der Waals surface area (Å²) in [6.07, 6.45) is 0.587. The van der Waals surface area contributed by atoms with E-state index in [1.807, 2.05) is 6.92 Å². The molecule has 0 aliphatic carbocycles. The highest BCUT2D eigenvalue weighted by atomic mass is 79.9. The lowest BCUT2D eigenvalue weighted by Gasteiger charge is -2.14. The molecule has 110 valence electrons. The van der Waals surface area contributed by atoms with Gasteiger partial charge in [0.15, 0.2) is 0 Å². The molecule has 2 aromatic rings. The fraction of sp³-hybridized carbons (Fsp3) is 0.188. The molecule has 0 aliphatic heterocycles. The molecule has 1 amide bonds. The van der Waals surface area contributed by atoms with Gasteiger partial charge in [0.05, 0.1) is 5.56 Å². The highest BCUT2D eigenvalue weighted by Crippen LogP contribution is 2.22. The summed E-state index contributed by atoms with van der Waals surface area (Å²) in [7, 11) is 0. The minimum atomic E-state index is -0.338. The van der Waals surface area contributed by atoms with Gasteiger partial charge in [-0.2, -0.15) is 0 Å². The Bertz CT molecular complexity index is 643. The summed E-state index contributed by atoms with van der Waals surface area (Å²) in [5.41, 5.74) is 1.16. The zero-order valence-electron chi connectivity index (χ0n) is 11.4. The number of aromatic hydroxyl groups is 1. The van der Waals surface area contributed by atoms with Gasteiger partial charge in [-0.15, -0.1) is 0 Å². The summed E-state index contributed by atoms with van der Waals surface area (Å²) < 4.78 is 13.5. The molecule has 1 unspecified atom stereocenters. The van der Waals surface area contributed by atoms with Crippen LogP contribution in [0.3, 0.4) is 0 Å². The number of benzene rings is 2. The molecule has 0 saturated heterocycles. The first kappa shape index (κ1) is 15.5. The number of hydrogen-bond acceptors (Lipinski definition) is 2. The van der Waals surface area contributed by atoms with Gasteiger partial charge in [0.2, 0.25) is 0 Å². The number of carbonyl (C=O) groups is 1. The van der Waals surface area contributed by atoms with Gasteiger partial charge in [0.1, 0.15) is 11.6 Å². The van der Waals surface area contributed by atoms with Gasteiger partial charge < -0.3 is 10.4 Å². The second-order valence-corrected chi connectivity index (χ2v) is 5.78. The van der Waals surface area contributed by atoms with Crippen LogP contribution in [0.15, 0.2) is 46.9 Å². The van der Waals surface area contributed by atoms with Crippen LogP contribution in [0, 0.1) is 5.82 Å². The quantitative estimate of drug-likeness (QED) is 0.883. The molecule has 0 spiro atoms. The Labute approximate surface area is 130 Å². The van der Waals surface area contributed by atoms with E-state index in [-0.39, 0.29) is 29.1 Å². The van der Waals surface area contributed by atoms with Crippen LogP contribution in [-0.2, 0) is 6.42 Å². The number of rotatable bonds is 4. The summed E-state index contributed by atoms with van der Waals surface area (Å²) in [6.45, 7) is 1.86. The second-order valence-electron chi connectivity index (χ2n) is 4.87. The van der Waals surface area contributed by atoms with Crippen molar-refractivity contribution in [2.24, 2.45) is 0 Å². The topological polar surface area (TPSA) is 49.3 Å². The fourth-order valence-electron chi connectivity index (χ4n) is 2.02. The molecule has 0 heterocycles. The molecule has 2 rings (SSSR count). The predicted octanol–water partition coefficient (Wildman–Crippen LogP) is 3.65. The summed E-state index contributed by atoms with van der Waals surface area (Å²) in [6, 6.07) is 10.8. The van der Waals surface area contributed by atoms with E-state index in [9.17, 15) is 14.3 Å². The first-order chi connectivity index (χ1) is 9.95. The molecule has 0 bridgehead atoms. The van der Waals surface area contributed by atoms with E-state index in [1.165, 1.54) is 18.2 Å². The first-order valence-electron chi connectivity index (χ1n) is 6.49. The molecule has 1 atom stereocenters. The van der Waals surface area contributed by atoms with Crippen molar-refractivity contribution in [1.82, 2.24) is 5.32 Å². The van der Waals surface area contributed by atoms with Gasteiger partial charge in [-0.25, -0.2) is 4.39 Å². The van der Waals surface area contributed by atoms with Crippen molar-refractivity contribution >= 4 is 21.8 Å². The lowest BCUT2D eigenvalue weighted by molar-refractivity contribution is 0.0937. The van der Waals surface area contributed by atoms with Crippen LogP contribution >= 0.6 is 15.9 Å². The lowest BCUT2D eigenvalue weighted by atomic mass is 10.1. The van der Waals surface area contributed by atoms with Crippen molar-refractivity contribution in [3.05, 3.63) is 63.9 Å². The average Bonchev–Trinajstić information content (AvgIpc) is 2.41. The molecular weight excluding hydrogens is 337 g/mol. The van der Waals surface area contributed by atoms with Gasteiger partial charge in [0.25, 0.3) is 5.91 Å². The minimum Gasteiger partial charge on any atom is -0.507 e. The van der Waals surface area contributed by atoms with Gasteiger partial charge in [-0.05, 0) is 49.2 Å². The molecular formula is C16H15BrFNO2. The fourth-order valence-corrected chi connectivity index (χ4v) is 2.37. The molecule has 21 heavy (non-hydrogen) atoms. The number of carbonyl (C=O) groups excluding carboxylic acids is 1. The van der Waals surface area contributed by atoms with E-state index < -0.39 is 0 Å². The molecule has 2 N–H and O–H groups in total. The van der Waals surface area contributed by atoms with Crippen molar-refractivity contribution in [3.63, 3.8) is 0 Å². The molecule has 0 fully saturated rings. The van der Waals surface area contributed by atoms with Crippen LogP contribution in [0.1, 0.15) is 22.8 Å². The third-order valence-electron chi connectivity index (χ3n) is 3.04. The minimum absolute atomic E-state index is 0.0733.